The van der Waals surface area contributed by atoms with Crippen LogP contribution in [0, 0.1) is 5.41 Å². The molecule has 28 heavy (non-hydrogen) atoms. The largest absolute Gasteiger partial charge is 0.462 e. The minimum Gasteiger partial charge on any atom is -0.462 e. The second-order valence-electron chi connectivity index (χ2n) is 7.39. The number of alkyl halides is 2. The minimum absolute atomic E-state index is 0.252. The third kappa shape index (κ3) is 3.89. The first-order chi connectivity index (χ1) is 13.1. The number of hydrogen-bond acceptors (Lipinski definition) is 6. The topological polar surface area (TPSA) is 81.7 Å². The number of nitrogens with one attached hydrogen (secondary N) is 1. The van der Waals surface area contributed by atoms with Crippen molar-refractivity contribution in [1.29, 1.82) is 0 Å². The predicted molar refractivity (Wildman–Crippen MR) is 108 cm³/mol. The second kappa shape index (κ2) is 7.84. The summed E-state index contributed by atoms with van der Waals surface area (Å²) in [6, 6.07) is 0. The zero-order chi connectivity index (χ0) is 20.7. The number of aryl methyl sites for hydroxylation is 1. The molecule has 1 aromatic heterocycles. The molecule has 0 aromatic carbocycles. The Labute approximate surface area is 177 Å². The second-order valence-corrected chi connectivity index (χ2v) is 9.97. The maximum atomic E-state index is 12.6. The van der Waals surface area contributed by atoms with Gasteiger partial charge in [0, 0.05) is 11.3 Å². The Morgan fingerprint density at radius 3 is 2.50 bits per heavy atom. The number of esters is 2. The molecule has 1 N–H and O–H groups in total. The average molecular weight is 448 g/mol. The standard InChI is InChI=1S/C19H23Cl2NO5S/c1-4-26-16(24)13-11-7-5-6-8-12(11)28-15(13)22-14(23)10(2)27-17(25)18(3)9-19(18,20)21/h10H,4-9H2,1-3H3,(H,22,23). The number of thiophene rings is 1. The quantitative estimate of drug-likeness (QED) is 0.520. The van der Waals surface area contributed by atoms with E-state index < -0.39 is 33.7 Å². The molecule has 2 atom stereocenters. The average Bonchev–Trinajstić information content (AvgIpc) is 2.98. The van der Waals surface area contributed by atoms with Crippen LogP contribution < -0.4 is 5.32 Å². The summed E-state index contributed by atoms with van der Waals surface area (Å²) in [4.78, 5) is 38.4. The first-order valence-electron chi connectivity index (χ1n) is 9.32. The maximum absolute atomic E-state index is 12.6. The van der Waals surface area contributed by atoms with Gasteiger partial charge in [-0.1, -0.05) is 0 Å². The van der Waals surface area contributed by atoms with Crippen LogP contribution in [0.2, 0.25) is 0 Å². The van der Waals surface area contributed by atoms with Gasteiger partial charge in [-0.2, -0.15) is 0 Å². The predicted octanol–water partition coefficient (Wildman–Crippen LogP) is 4.26. The molecule has 1 heterocycles. The van der Waals surface area contributed by atoms with Crippen LogP contribution >= 0.6 is 34.5 Å². The summed E-state index contributed by atoms with van der Waals surface area (Å²) in [7, 11) is 0. The SMILES string of the molecule is CCOC(=O)c1c(NC(=O)C(C)OC(=O)C2(C)CC2(Cl)Cl)sc2c1CCCC2. The fraction of sp³-hybridized carbons (Fsp3) is 0.632. The van der Waals surface area contributed by atoms with E-state index in [1.54, 1.807) is 13.8 Å². The normalized spacial score (nSPS) is 23.3. The number of fused-ring (bicyclic) bond motifs is 1. The van der Waals surface area contributed by atoms with Crippen molar-refractivity contribution in [2.75, 3.05) is 11.9 Å². The van der Waals surface area contributed by atoms with E-state index in [2.05, 4.69) is 5.32 Å². The van der Waals surface area contributed by atoms with Crippen LogP contribution in [0.3, 0.4) is 0 Å². The Kier molecular flexibility index (Phi) is 5.99. The summed E-state index contributed by atoms with van der Waals surface area (Å²) in [5, 5.41) is 3.18. The van der Waals surface area contributed by atoms with Gasteiger partial charge in [-0.05, 0) is 52.0 Å². The van der Waals surface area contributed by atoms with Crippen LogP contribution in [-0.2, 0) is 31.9 Å². The van der Waals surface area contributed by atoms with Crippen molar-refractivity contribution in [3.63, 3.8) is 0 Å². The van der Waals surface area contributed by atoms with Gasteiger partial charge in [-0.15, -0.1) is 34.5 Å². The zero-order valence-electron chi connectivity index (χ0n) is 16.0. The van der Waals surface area contributed by atoms with Gasteiger partial charge in [0.2, 0.25) is 0 Å². The molecule has 154 valence electrons. The zero-order valence-corrected chi connectivity index (χ0v) is 18.4. The fourth-order valence-corrected chi connectivity index (χ4v) is 5.22. The van der Waals surface area contributed by atoms with E-state index in [0.29, 0.717) is 10.6 Å². The van der Waals surface area contributed by atoms with E-state index in [0.717, 1.165) is 36.1 Å². The summed E-state index contributed by atoms with van der Waals surface area (Å²) in [6.07, 6.45) is 2.93. The molecule has 1 amide bonds. The molecule has 3 rings (SSSR count). The summed E-state index contributed by atoms with van der Waals surface area (Å²) < 4.78 is 9.28. The smallest absolute Gasteiger partial charge is 0.341 e. The van der Waals surface area contributed by atoms with Crippen LogP contribution in [0.4, 0.5) is 5.00 Å². The Morgan fingerprint density at radius 2 is 1.89 bits per heavy atom. The number of anilines is 1. The third-order valence-electron chi connectivity index (χ3n) is 5.25. The highest BCUT2D eigenvalue weighted by molar-refractivity contribution is 7.17. The van der Waals surface area contributed by atoms with Crippen molar-refractivity contribution in [2.45, 2.75) is 63.3 Å². The van der Waals surface area contributed by atoms with Gasteiger partial charge in [-0.3, -0.25) is 9.59 Å². The fourth-order valence-electron chi connectivity index (χ4n) is 3.25. The van der Waals surface area contributed by atoms with Gasteiger partial charge in [0.1, 0.15) is 14.7 Å². The molecule has 2 unspecified atom stereocenters. The molecule has 2 aliphatic rings. The third-order valence-corrected chi connectivity index (χ3v) is 7.56. The summed E-state index contributed by atoms with van der Waals surface area (Å²) in [5.41, 5.74) is 0.361. The lowest BCUT2D eigenvalue weighted by atomic mass is 9.95. The number of carbonyl (C=O) groups excluding carboxylic acids is 3. The Hall–Kier alpha value is -1.31. The number of amides is 1. The number of halogens is 2. The van der Waals surface area contributed by atoms with Gasteiger partial charge < -0.3 is 14.8 Å². The van der Waals surface area contributed by atoms with E-state index in [9.17, 15) is 14.4 Å². The molecule has 6 nitrogen and oxygen atoms in total. The lowest BCUT2D eigenvalue weighted by Gasteiger charge is -2.17. The monoisotopic (exact) mass is 447 g/mol. The molecule has 0 radical (unpaired) electrons. The van der Waals surface area contributed by atoms with Crippen molar-refractivity contribution >= 4 is 57.4 Å². The van der Waals surface area contributed by atoms with Crippen LogP contribution in [-0.4, -0.2) is 34.9 Å². The first kappa shape index (κ1) is 21.4. The van der Waals surface area contributed by atoms with Crippen LogP contribution in [0.5, 0.6) is 0 Å². The van der Waals surface area contributed by atoms with Gasteiger partial charge in [-0.25, -0.2) is 4.79 Å². The molecule has 0 saturated heterocycles. The highest BCUT2D eigenvalue weighted by Crippen LogP contribution is 2.64. The van der Waals surface area contributed by atoms with Crippen molar-refractivity contribution in [1.82, 2.24) is 0 Å². The molecular formula is C19H23Cl2NO5S. The summed E-state index contributed by atoms with van der Waals surface area (Å²) in [6.45, 7) is 5.07. The highest BCUT2D eigenvalue weighted by atomic mass is 35.5. The lowest BCUT2D eigenvalue weighted by Crippen LogP contribution is -2.33. The summed E-state index contributed by atoms with van der Waals surface area (Å²) in [5.74, 6) is -1.57. The van der Waals surface area contributed by atoms with Gasteiger partial charge in [0.25, 0.3) is 5.91 Å². The van der Waals surface area contributed by atoms with Crippen LogP contribution in [0.25, 0.3) is 0 Å². The number of rotatable bonds is 6. The number of hydrogen-bond donors (Lipinski definition) is 1. The molecular weight excluding hydrogens is 425 g/mol. The van der Waals surface area contributed by atoms with Gasteiger partial charge in [0.15, 0.2) is 6.10 Å². The number of ether oxygens (including phenoxy) is 2. The van der Waals surface area contributed by atoms with Crippen molar-refractivity contribution in [2.24, 2.45) is 5.41 Å². The van der Waals surface area contributed by atoms with Gasteiger partial charge in [0.05, 0.1) is 12.2 Å². The van der Waals surface area contributed by atoms with Gasteiger partial charge >= 0.3 is 11.9 Å². The molecule has 1 saturated carbocycles. The molecule has 1 fully saturated rings. The highest BCUT2D eigenvalue weighted by Gasteiger charge is 2.69. The van der Waals surface area contributed by atoms with E-state index in [1.165, 1.54) is 18.3 Å². The van der Waals surface area contributed by atoms with Crippen molar-refractivity contribution < 1.29 is 23.9 Å². The molecule has 0 aliphatic heterocycles. The van der Waals surface area contributed by atoms with Crippen molar-refractivity contribution in [3.05, 3.63) is 16.0 Å². The summed E-state index contributed by atoms with van der Waals surface area (Å²) >= 11 is 13.4. The van der Waals surface area contributed by atoms with Crippen molar-refractivity contribution in [3.8, 4) is 0 Å². The number of carbonyl (C=O) groups is 3. The first-order valence-corrected chi connectivity index (χ1v) is 10.9. The molecule has 1 aromatic rings. The molecule has 2 aliphatic carbocycles. The maximum Gasteiger partial charge on any atom is 0.341 e. The molecule has 0 spiro atoms. The Bertz CT molecular complexity index is 821. The lowest BCUT2D eigenvalue weighted by molar-refractivity contribution is -0.158. The Balaban J connectivity index is 1.74. The van der Waals surface area contributed by atoms with Crippen LogP contribution in [0.1, 0.15) is 60.8 Å². The van der Waals surface area contributed by atoms with E-state index in [4.69, 9.17) is 32.7 Å². The minimum atomic E-state index is -1.16. The Morgan fingerprint density at radius 1 is 1.25 bits per heavy atom. The van der Waals surface area contributed by atoms with E-state index in [-0.39, 0.29) is 13.0 Å². The molecule has 9 heteroatoms. The van der Waals surface area contributed by atoms with E-state index >= 15 is 0 Å². The van der Waals surface area contributed by atoms with Crippen LogP contribution in [0.15, 0.2) is 0 Å². The molecule has 0 bridgehead atoms. The van der Waals surface area contributed by atoms with E-state index in [1.807, 2.05) is 0 Å².